The fraction of sp³-hybridized carbons (Fsp3) is 0.385. The zero-order valence-corrected chi connectivity index (χ0v) is 13.9. The van der Waals surface area contributed by atoms with Gasteiger partial charge in [0.05, 0.1) is 6.61 Å². The van der Waals surface area contributed by atoms with Crippen molar-refractivity contribution in [3.8, 4) is 5.75 Å². The van der Waals surface area contributed by atoms with Crippen LogP contribution in [0.25, 0.3) is 5.57 Å². The van der Waals surface area contributed by atoms with Crippen molar-refractivity contribution in [1.82, 2.24) is 0 Å². The van der Waals surface area contributed by atoms with E-state index >= 15 is 0 Å². The SMILES string of the molecule is CCOc1ccc(/C(C)=C(/I)CCI)cc1. The molecule has 0 heterocycles. The molecule has 1 aromatic rings. The van der Waals surface area contributed by atoms with Crippen LogP contribution in [-0.4, -0.2) is 11.0 Å². The molecule has 1 nitrogen and oxygen atoms in total. The summed E-state index contributed by atoms with van der Waals surface area (Å²) < 4.78 is 8.04. The Bertz CT molecular complexity index is 355. The molecule has 0 atom stereocenters. The molecule has 0 saturated heterocycles. The highest BCUT2D eigenvalue weighted by Gasteiger charge is 2.02. The Balaban J connectivity index is 2.84. The predicted molar refractivity (Wildman–Crippen MR) is 87.7 cm³/mol. The van der Waals surface area contributed by atoms with Crippen molar-refractivity contribution < 1.29 is 4.74 Å². The molecule has 0 saturated carbocycles. The second kappa shape index (κ2) is 7.53. The Hall–Kier alpha value is 0.220. The Kier molecular flexibility index (Phi) is 6.72. The van der Waals surface area contributed by atoms with Gasteiger partial charge >= 0.3 is 0 Å². The van der Waals surface area contributed by atoms with Crippen LogP contribution < -0.4 is 4.74 Å². The molecule has 16 heavy (non-hydrogen) atoms. The minimum atomic E-state index is 0.723. The van der Waals surface area contributed by atoms with E-state index in [0.717, 1.165) is 18.8 Å². The van der Waals surface area contributed by atoms with Gasteiger partial charge in [-0.05, 0) is 69.7 Å². The Labute approximate surface area is 125 Å². The van der Waals surface area contributed by atoms with E-state index in [4.69, 9.17) is 4.74 Å². The van der Waals surface area contributed by atoms with E-state index in [1.54, 1.807) is 0 Å². The number of rotatable bonds is 5. The fourth-order valence-electron chi connectivity index (χ4n) is 1.39. The summed E-state index contributed by atoms with van der Waals surface area (Å²) in [6, 6.07) is 8.34. The molecule has 0 amide bonds. The normalized spacial score (nSPS) is 12.2. The van der Waals surface area contributed by atoms with Gasteiger partial charge < -0.3 is 4.74 Å². The van der Waals surface area contributed by atoms with Crippen LogP contribution in [0.1, 0.15) is 25.8 Å². The van der Waals surface area contributed by atoms with Gasteiger partial charge in [-0.15, -0.1) is 0 Å². The maximum Gasteiger partial charge on any atom is 0.119 e. The van der Waals surface area contributed by atoms with Crippen LogP contribution in [0.3, 0.4) is 0 Å². The van der Waals surface area contributed by atoms with E-state index in [2.05, 4.69) is 64.2 Å². The Morgan fingerprint density at radius 3 is 2.38 bits per heavy atom. The van der Waals surface area contributed by atoms with E-state index < -0.39 is 0 Å². The number of alkyl halides is 1. The molecule has 0 N–H and O–H groups in total. The van der Waals surface area contributed by atoms with Gasteiger partial charge in [0, 0.05) is 4.43 Å². The average Bonchev–Trinajstić information content (AvgIpc) is 2.30. The number of allylic oxidation sites excluding steroid dienone is 2. The van der Waals surface area contributed by atoms with E-state index in [1.165, 1.54) is 19.1 Å². The van der Waals surface area contributed by atoms with Crippen LogP contribution in [0.5, 0.6) is 5.75 Å². The van der Waals surface area contributed by atoms with Gasteiger partial charge in [0.1, 0.15) is 5.75 Å². The first-order chi connectivity index (χ1) is 7.69. The van der Waals surface area contributed by atoms with Crippen molar-refractivity contribution in [2.45, 2.75) is 20.3 Å². The van der Waals surface area contributed by atoms with Crippen LogP contribution in [-0.2, 0) is 0 Å². The standard InChI is InChI=1S/C13H16I2O/c1-3-16-12-6-4-11(5-7-12)10(2)13(15)8-9-14/h4-7H,3,8-9H2,1-2H3/b13-10+. The minimum absolute atomic E-state index is 0.723. The molecule has 0 bridgehead atoms. The molecule has 0 unspecified atom stereocenters. The second-order valence-electron chi connectivity index (χ2n) is 3.43. The molecule has 88 valence electrons. The van der Waals surface area contributed by atoms with Crippen LogP contribution >= 0.6 is 45.2 Å². The van der Waals surface area contributed by atoms with Gasteiger partial charge in [0.25, 0.3) is 0 Å². The smallest absolute Gasteiger partial charge is 0.119 e. The molecular weight excluding hydrogens is 426 g/mol. The zero-order chi connectivity index (χ0) is 12.0. The van der Waals surface area contributed by atoms with Crippen molar-refractivity contribution >= 4 is 50.8 Å². The molecule has 3 heteroatoms. The molecule has 0 aliphatic rings. The number of benzene rings is 1. The summed E-state index contributed by atoms with van der Waals surface area (Å²) >= 11 is 4.85. The van der Waals surface area contributed by atoms with Gasteiger partial charge in [-0.25, -0.2) is 0 Å². The summed E-state index contributed by atoms with van der Waals surface area (Å²) in [5.74, 6) is 0.947. The van der Waals surface area contributed by atoms with Crippen LogP contribution in [0, 0.1) is 0 Å². The number of halogens is 2. The lowest BCUT2D eigenvalue weighted by atomic mass is 10.1. The van der Waals surface area contributed by atoms with E-state index in [1.807, 2.05) is 19.1 Å². The summed E-state index contributed by atoms with van der Waals surface area (Å²) in [7, 11) is 0. The highest BCUT2D eigenvalue weighted by atomic mass is 127. The lowest BCUT2D eigenvalue weighted by Gasteiger charge is -2.07. The van der Waals surface area contributed by atoms with Crippen molar-refractivity contribution in [1.29, 1.82) is 0 Å². The third-order valence-electron chi connectivity index (χ3n) is 2.32. The monoisotopic (exact) mass is 442 g/mol. The molecule has 0 aromatic heterocycles. The van der Waals surface area contributed by atoms with E-state index in [0.29, 0.717) is 0 Å². The first-order valence-corrected chi connectivity index (χ1v) is 7.94. The van der Waals surface area contributed by atoms with Crippen LogP contribution in [0.2, 0.25) is 0 Å². The quantitative estimate of drug-likeness (QED) is 0.457. The first-order valence-electron chi connectivity index (χ1n) is 5.33. The summed E-state index contributed by atoms with van der Waals surface area (Å²) in [5, 5.41) is 0. The third kappa shape index (κ3) is 4.24. The largest absolute Gasteiger partial charge is 0.494 e. The molecule has 1 rings (SSSR count). The highest BCUT2D eigenvalue weighted by molar-refractivity contribution is 14.1. The van der Waals surface area contributed by atoms with Crippen LogP contribution in [0.4, 0.5) is 0 Å². The van der Waals surface area contributed by atoms with Crippen molar-refractivity contribution in [3.05, 3.63) is 33.4 Å². The highest BCUT2D eigenvalue weighted by Crippen LogP contribution is 2.27. The number of ether oxygens (including phenoxy) is 1. The number of hydrogen-bond acceptors (Lipinski definition) is 1. The topological polar surface area (TPSA) is 9.23 Å². The molecule has 0 aliphatic carbocycles. The molecular formula is C13H16I2O. The summed E-state index contributed by atoms with van der Waals surface area (Å²) in [4.78, 5) is 0. The molecule has 0 spiro atoms. The molecule has 0 aliphatic heterocycles. The van der Waals surface area contributed by atoms with Gasteiger partial charge in [-0.1, -0.05) is 34.7 Å². The predicted octanol–water partition coefficient (Wildman–Crippen LogP) is 5.08. The molecule has 1 aromatic carbocycles. The molecule has 0 radical (unpaired) electrons. The summed E-state index contributed by atoms with van der Waals surface area (Å²) in [6.45, 7) is 4.91. The fourth-order valence-corrected chi connectivity index (χ4v) is 3.55. The summed E-state index contributed by atoms with van der Waals surface area (Å²) in [6.07, 6.45) is 1.15. The van der Waals surface area contributed by atoms with Gasteiger partial charge in [-0.3, -0.25) is 0 Å². The van der Waals surface area contributed by atoms with Gasteiger partial charge in [-0.2, -0.15) is 0 Å². The van der Waals surface area contributed by atoms with E-state index in [9.17, 15) is 0 Å². The van der Waals surface area contributed by atoms with E-state index in [-0.39, 0.29) is 0 Å². The first kappa shape index (κ1) is 14.3. The minimum Gasteiger partial charge on any atom is -0.494 e. The number of hydrogen-bond donors (Lipinski definition) is 0. The lowest BCUT2D eigenvalue weighted by molar-refractivity contribution is 0.340. The van der Waals surface area contributed by atoms with Crippen molar-refractivity contribution in [2.75, 3.05) is 11.0 Å². The molecule has 0 fully saturated rings. The third-order valence-corrected chi connectivity index (χ3v) is 4.21. The maximum absolute atomic E-state index is 5.43. The van der Waals surface area contributed by atoms with Crippen molar-refractivity contribution in [2.24, 2.45) is 0 Å². The van der Waals surface area contributed by atoms with Crippen molar-refractivity contribution in [3.63, 3.8) is 0 Å². The Morgan fingerprint density at radius 1 is 1.25 bits per heavy atom. The van der Waals surface area contributed by atoms with Crippen LogP contribution in [0.15, 0.2) is 27.8 Å². The zero-order valence-electron chi connectivity index (χ0n) is 9.59. The second-order valence-corrected chi connectivity index (χ2v) is 5.81. The van der Waals surface area contributed by atoms with Gasteiger partial charge in [0.15, 0.2) is 0 Å². The van der Waals surface area contributed by atoms with Gasteiger partial charge in [0.2, 0.25) is 0 Å². The summed E-state index contributed by atoms with van der Waals surface area (Å²) in [5.41, 5.74) is 2.66. The average molecular weight is 442 g/mol. The maximum atomic E-state index is 5.43. The lowest BCUT2D eigenvalue weighted by Crippen LogP contribution is -1.91. The Morgan fingerprint density at radius 2 is 1.88 bits per heavy atom.